The van der Waals surface area contributed by atoms with Gasteiger partial charge in [-0.3, -0.25) is 13.9 Å². The van der Waals surface area contributed by atoms with Crippen LogP contribution in [0, 0.1) is 0 Å². The van der Waals surface area contributed by atoms with Crippen molar-refractivity contribution in [1.82, 2.24) is 10.2 Å². The van der Waals surface area contributed by atoms with E-state index in [4.69, 9.17) is 16.3 Å². The van der Waals surface area contributed by atoms with Crippen molar-refractivity contribution in [1.29, 1.82) is 0 Å². The fraction of sp³-hybridized carbons (Fsp3) is 0.286. The third-order valence-electron chi connectivity index (χ3n) is 5.81. The van der Waals surface area contributed by atoms with Gasteiger partial charge in [-0.1, -0.05) is 41.9 Å². The Labute approximate surface area is 229 Å². The maximum atomic E-state index is 13.8. The van der Waals surface area contributed by atoms with E-state index in [0.717, 1.165) is 9.87 Å². The molecular weight excluding hydrogens is 526 g/mol. The van der Waals surface area contributed by atoms with Crippen molar-refractivity contribution in [2.45, 2.75) is 44.3 Å². The first-order valence-electron chi connectivity index (χ1n) is 12.1. The molecule has 0 aliphatic carbocycles. The van der Waals surface area contributed by atoms with E-state index >= 15 is 0 Å². The summed E-state index contributed by atoms with van der Waals surface area (Å²) >= 11 is 6.04. The number of halogens is 1. The Kier molecular flexibility index (Phi) is 9.77. The lowest BCUT2D eigenvalue weighted by Gasteiger charge is -2.32. The molecule has 2 amide bonds. The second-order valence-corrected chi connectivity index (χ2v) is 11.3. The molecular formula is C28H32ClN3O5S. The summed E-state index contributed by atoms with van der Waals surface area (Å²) < 4.78 is 33.7. The van der Waals surface area contributed by atoms with Crippen LogP contribution in [0.1, 0.15) is 26.3 Å². The molecule has 10 heteroatoms. The van der Waals surface area contributed by atoms with Crippen molar-refractivity contribution in [2.75, 3.05) is 18.0 Å². The van der Waals surface area contributed by atoms with Crippen LogP contribution in [0.4, 0.5) is 5.69 Å². The van der Waals surface area contributed by atoms with Gasteiger partial charge < -0.3 is 15.0 Å². The second-order valence-electron chi connectivity index (χ2n) is 9.01. The van der Waals surface area contributed by atoms with E-state index in [9.17, 15) is 18.0 Å². The number of hydrogen-bond donors (Lipinski definition) is 1. The summed E-state index contributed by atoms with van der Waals surface area (Å²) in [4.78, 5) is 28.2. The zero-order chi connectivity index (χ0) is 27.9. The Morgan fingerprint density at radius 3 is 2.21 bits per heavy atom. The lowest BCUT2D eigenvalue weighted by atomic mass is 10.1. The lowest BCUT2D eigenvalue weighted by Crippen LogP contribution is -2.52. The van der Waals surface area contributed by atoms with Crippen molar-refractivity contribution in [3.63, 3.8) is 0 Å². The summed E-state index contributed by atoms with van der Waals surface area (Å²) in [5.41, 5.74) is 0.998. The van der Waals surface area contributed by atoms with Crippen molar-refractivity contribution < 1.29 is 22.7 Å². The number of methoxy groups -OCH3 is 1. The molecule has 0 saturated heterocycles. The van der Waals surface area contributed by atoms with Crippen LogP contribution >= 0.6 is 11.6 Å². The molecule has 0 aliphatic heterocycles. The van der Waals surface area contributed by atoms with Gasteiger partial charge in [-0.2, -0.15) is 0 Å². The van der Waals surface area contributed by atoms with Crippen molar-refractivity contribution >= 4 is 39.1 Å². The molecule has 0 heterocycles. The van der Waals surface area contributed by atoms with Crippen LogP contribution in [-0.2, 0) is 26.2 Å². The average molecular weight is 558 g/mol. The highest BCUT2D eigenvalue weighted by Gasteiger charge is 2.32. The van der Waals surface area contributed by atoms with Crippen LogP contribution < -0.4 is 14.4 Å². The van der Waals surface area contributed by atoms with Crippen LogP contribution in [-0.4, -0.2) is 50.9 Å². The van der Waals surface area contributed by atoms with Crippen LogP contribution in [0.3, 0.4) is 0 Å². The minimum absolute atomic E-state index is 0.0349. The number of carbonyl (C=O) groups is 2. The van der Waals surface area contributed by atoms with Crippen molar-refractivity contribution in [3.8, 4) is 5.75 Å². The largest absolute Gasteiger partial charge is 0.497 e. The number of amides is 2. The molecule has 0 bridgehead atoms. The van der Waals surface area contributed by atoms with Gasteiger partial charge in [0.25, 0.3) is 10.0 Å². The molecule has 0 aromatic heterocycles. The Balaban J connectivity index is 2.02. The van der Waals surface area contributed by atoms with Crippen LogP contribution in [0.5, 0.6) is 5.75 Å². The van der Waals surface area contributed by atoms with Crippen molar-refractivity contribution in [3.05, 3.63) is 89.4 Å². The molecule has 0 fully saturated rings. The quantitative estimate of drug-likeness (QED) is 0.375. The molecule has 0 saturated carbocycles. The van der Waals surface area contributed by atoms with Crippen LogP contribution in [0.15, 0.2) is 83.8 Å². The van der Waals surface area contributed by atoms with Gasteiger partial charge in [0.05, 0.1) is 17.7 Å². The van der Waals surface area contributed by atoms with Crippen LogP contribution in [0.25, 0.3) is 0 Å². The summed E-state index contributed by atoms with van der Waals surface area (Å²) in [5.74, 6) is -0.294. The number of benzene rings is 3. The highest BCUT2D eigenvalue weighted by Crippen LogP contribution is 2.26. The van der Waals surface area contributed by atoms with Gasteiger partial charge in [-0.05, 0) is 74.9 Å². The first-order valence-corrected chi connectivity index (χ1v) is 13.9. The van der Waals surface area contributed by atoms with Gasteiger partial charge in [-0.25, -0.2) is 8.42 Å². The molecule has 202 valence electrons. The van der Waals surface area contributed by atoms with Gasteiger partial charge in [0.2, 0.25) is 11.8 Å². The number of anilines is 1. The zero-order valence-electron chi connectivity index (χ0n) is 21.8. The molecule has 0 aliphatic rings. The van der Waals surface area contributed by atoms with E-state index in [1.165, 1.54) is 29.2 Å². The normalized spacial score (nSPS) is 12.1. The number of ether oxygens (including phenoxy) is 1. The molecule has 0 radical (unpaired) electrons. The van der Waals surface area contributed by atoms with Gasteiger partial charge in [0.15, 0.2) is 0 Å². The molecule has 3 rings (SSSR count). The average Bonchev–Trinajstić information content (AvgIpc) is 2.90. The van der Waals surface area contributed by atoms with Gasteiger partial charge in [-0.15, -0.1) is 0 Å². The number of rotatable bonds is 11. The van der Waals surface area contributed by atoms with E-state index in [1.807, 2.05) is 19.9 Å². The zero-order valence-corrected chi connectivity index (χ0v) is 23.4. The van der Waals surface area contributed by atoms with Crippen LogP contribution in [0.2, 0.25) is 5.02 Å². The Morgan fingerprint density at radius 1 is 0.947 bits per heavy atom. The number of sulfonamides is 1. The number of hydrogen-bond acceptors (Lipinski definition) is 5. The van der Waals surface area contributed by atoms with E-state index in [0.29, 0.717) is 10.8 Å². The maximum absolute atomic E-state index is 13.8. The summed E-state index contributed by atoms with van der Waals surface area (Å²) in [6.45, 7) is 4.82. The predicted molar refractivity (Wildman–Crippen MR) is 149 cm³/mol. The third-order valence-corrected chi connectivity index (χ3v) is 7.85. The predicted octanol–water partition coefficient (Wildman–Crippen LogP) is 4.49. The summed E-state index contributed by atoms with van der Waals surface area (Å²) in [6, 6.07) is 20.2. The Morgan fingerprint density at radius 2 is 1.61 bits per heavy atom. The molecule has 0 unspecified atom stereocenters. The van der Waals surface area contributed by atoms with Gasteiger partial charge >= 0.3 is 0 Å². The lowest BCUT2D eigenvalue weighted by molar-refractivity contribution is -0.139. The monoisotopic (exact) mass is 557 g/mol. The molecule has 8 nitrogen and oxygen atoms in total. The standard InChI is InChI=1S/C28H32ClN3O5S/c1-20(2)30-28(34)21(3)31(18-22-9-8-10-25(17-22)37-4)27(33)19-32(24-15-13-23(29)14-16-24)38(35,36)26-11-6-5-7-12-26/h5-17,20-21H,18-19H2,1-4H3,(H,30,34)/t21-/m1/s1. The Hall–Kier alpha value is -3.56. The maximum Gasteiger partial charge on any atom is 0.264 e. The summed E-state index contributed by atoms with van der Waals surface area (Å²) in [7, 11) is -2.58. The summed E-state index contributed by atoms with van der Waals surface area (Å²) in [6.07, 6.45) is 0. The third kappa shape index (κ3) is 7.26. The van der Waals surface area contributed by atoms with E-state index in [1.54, 1.807) is 62.6 Å². The SMILES string of the molecule is COc1cccc(CN(C(=O)CN(c2ccc(Cl)cc2)S(=O)(=O)c2ccccc2)[C@H](C)C(=O)NC(C)C)c1. The van der Waals surface area contributed by atoms with Gasteiger partial charge in [0.1, 0.15) is 18.3 Å². The molecule has 3 aromatic carbocycles. The Bertz CT molecular complexity index is 1350. The highest BCUT2D eigenvalue weighted by molar-refractivity contribution is 7.92. The summed E-state index contributed by atoms with van der Waals surface area (Å²) in [5, 5.41) is 3.26. The van der Waals surface area contributed by atoms with E-state index in [2.05, 4.69) is 5.32 Å². The molecule has 1 N–H and O–H groups in total. The molecule has 3 aromatic rings. The fourth-order valence-electron chi connectivity index (χ4n) is 3.81. The highest BCUT2D eigenvalue weighted by atomic mass is 35.5. The van der Waals surface area contributed by atoms with E-state index < -0.39 is 28.5 Å². The number of nitrogens with one attached hydrogen (secondary N) is 1. The van der Waals surface area contributed by atoms with Gasteiger partial charge in [0, 0.05) is 17.6 Å². The minimum Gasteiger partial charge on any atom is -0.497 e. The number of carbonyl (C=O) groups excluding carboxylic acids is 2. The van der Waals surface area contributed by atoms with E-state index in [-0.39, 0.29) is 29.1 Å². The minimum atomic E-state index is -4.12. The number of nitrogens with zero attached hydrogens (tertiary/aromatic N) is 2. The molecule has 1 atom stereocenters. The van der Waals surface area contributed by atoms with Crippen molar-refractivity contribution in [2.24, 2.45) is 0 Å². The topological polar surface area (TPSA) is 96.0 Å². The second kappa shape index (κ2) is 12.8. The smallest absolute Gasteiger partial charge is 0.264 e. The molecule has 0 spiro atoms. The molecule has 38 heavy (non-hydrogen) atoms. The fourth-order valence-corrected chi connectivity index (χ4v) is 5.37. The first-order chi connectivity index (χ1) is 18.0. The first kappa shape index (κ1) is 29.0.